The number of hydrogen-bond donors (Lipinski definition) is 2. The molecule has 0 aliphatic carbocycles. The van der Waals surface area contributed by atoms with Crippen LogP contribution in [0.3, 0.4) is 0 Å². The van der Waals surface area contributed by atoms with Gasteiger partial charge in [0.25, 0.3) is 5.95 Å². The molecule has 12 heteroatoms. The molecular formula is C34H24N12. The molecule has 0 fully saturated rings. The van der Waals surface area contributed by atoms with Crippen LogP contribution in [0.2, 0.25) is 0 Å². The van der Waals surface area contributed by atoms with Gasteiger partial charge in [0, 0.05) is 23.8 Å². The van der Waals surface area contributed by atoms with E-state index in [1.165, 1.54) is 0 Å². The van der Waals surface area contributed by atoms with Crippen molar-refractivity contribution >= 4 is 46.7 Å². The second-order valence-corrected chi connectivity index (χ2v) is 10.6. The van der Waals surface area contributed by atoms with E-state index in [-0.39, 0.29) is 0 Å². The number of nitrogens with zero attached hydrogens (tertiary/aromatic N) is 10. The van der Waals surface area contributed by atoms with Gasteiger partial charge < -0.3 is 10.6 Å². The normalized spacial score (nSPS) is 14.9. The average molecular weight is 601 g/mol. The predicted molar refractivity (Wildman–Crippen MR) is 178 cm³/mol. The summed E-state index contributed by atoms with van der Waals surface area (Å²) in [5, 5.41) is 18.5. The fourth-order valence-corrected chi connectivity index (χ4v) is 5.42. The van der Waals surface area contributed by atoms with Gasteiger partial charge in [0.2, 0.25) is 23.7 Å². The van der Waals surface area contributed by atoms with E-state index in [0.717, 1.165) is 22.7 Å². The number of nitrogens with one attached hydrogen (secondary N) is 2. The Balaban J connectivity index is 1.29. The largest absolute Gasteiger partial charge is 0.321 e. The van der Waals surface area contributed by atoms with E-state index >= 15 is 0 Å². The number of para-hydroxylation sites is 4. The molecule has 0 atom stereocenters. The van der Waals surface area contributed by atoms with Gasteiger partial charge in [0.15, 0.2) is 5.84 Å². The number of anilines is 2. The number of fused-ring (bicyclic) bond motifs is 10. The zero-order valence-corrected chi connectivity index (χ0v) is 24.2. The highest BCUT2D eigenvalue weighted by Gasteiger charge is 2.31. The summed E-state index contributed by atoms with van der Waals surface area (Å²) < 4.78 is 3.66. The highest BCUT2D eigenvalue weighted by atomic mass is 15.6. The van der Waals surface area contributed by atoms with Gasteiger partial charge in [-0.05, 0) is 48.5 Å². The lowest BCUT2D eigenvalue weighted by atomic mass is 10.3. The maximum absolute atomic E-state index is 5.08. The predicted octanol–water partition coefficient (Wildman–Crippen LogP) is 5.32. The fourth-order valence-electron chi connectivity index (χ4n) is 5.42. The van der Waals surface area contributed by atoms with Crippen molar-refractivity contribution in [3.05, 3.63) is 145 Å². The summed E-state index contributed by atoms with van der Waals surface area (Å²) in [5.74, 6) is 2.79. The first-order valence-electron chi connectivity index (χ1n) is 14.7. The first kappa shape index (κ1) is 25.7. The van der Waals surface area contributed by atoms with E-state index in [4.69, 9.17) is 30.2 Å². The molecule has 0 amide bonds. The minimum Gasteiger partial charge on any atom is -0.321 e. The molecule has 8 bridgehead atoms. The van der Waals surface area contributed by atoms with E-state index in [0.29, 0.717) is 46.9 Å². The van der Waals surface area contributed by atoms with Crippen molar-refractivity contribution in [1.29, 1.82) is 0 Å². The van der Waals surface area contributed by atoms with Gasteiger partial charge in [-0.25, -0.2) is 4.98 Å². The first-order valence-corrected chi connectivity index (χ1v) is 14.7. The molecule has 4 aromatic carbocycles. The van der Waals surface area contributed by atoms with Gasteiger partial charge in [0.1, 0.15) is 11.4 Å². The minimum absolute atomic E-state index is 0.369. The lowest BCUT2D eigenvalue weighted by molar-refractivity contribution is 0.869. The second kappa shape index (κ2) is 10.4. The molecular weight excluding hydrogens is 576 g/mol. The van der Waals surface area contributed by atoms with Crippen LogP contribution in [0, 0.1) is 0 Å². The Morgan fingerprint density at radius 2 is 1.15 bits per heavy atom. The monoisotopic (exact) mass is 600 g/mol. The third kappa shape index (κ3) is 4.40. The molecule has 2 aromatic heterocycles. The standard InChI is InChI=1S/C34H24N12/c1-5-13-23(14-6-1)43-21-27-29-37-33(45(41-29)25-17-9-3-10-18-25)40-34-38-30(42-46(34)26-19-11-4-12-20-26)28-22-44(24-15-7-2-8-16-24)32(36-28)39-31(43)35-27/h1-22H,(H,35,36,39)(H,37,38,40,41,42). The van der Waals surface area contributed by atoms with Crippen molar-refractivity contribution in [2.75, 3.05) is 9.91 Å². The number of guanidine groups is 2. The van der Waals surface area contributed by atoms with E-state index in [9.17, 15) is 0 Å². The Hall–Kier alpha value is -6.82. The molecule has 3 aliphatic rings. The smallest absolute Gasteiger partial charge is 0.256 e. The Morgan fingerprint density at radius 1 is 0.543 bits per heavy atom. The van der Waals surface area contributed by atoms with Gasteiger partial charge in [-0.1, -0.05) is 72.8 Å². The number of benzene rings is 4. The molecule has 0 spiro atoms. The van der Waals surface area contributed by atoms with Crippen molar-refractivity contribution in [3.63, 3.8) is 0 Å². The molecule has 12 nitrogen and oxygen atoms in total. The summed E-state index contributed by atoms with van der Waals surface area (Å²) >= 11 is 0. The summed E-state index contributed by atoms with van der Waals surface area (Å²) in [6, 6.07) is 39.6. The van der Waals surface area contributed by atoms with Crippen molar-refractivity contribution in [2.45, 2.75) is 0 Å². The molecule has 0 radical (unpaired) electrons. The summed E-state index contributed by atoms with van der Waals surface area (Å²) in [7, 11) is 0. The van der Waals surface area contributed by atoms with Crippen LogP contribution in [0.25, 0.3) is 17.1 Å². The van der Waals surface area contributed by atoms with Crippen LogP contribution >= 0.6 is 0 Å². The molecule has 46 heavy (non-hydrogen) atoms. The number of aliphatic imine (C=N–C) groups is 2. The summed E-state index contributed by atoms with van der Waals surface area (Å²) in [4.78, 5) is 22.0. The Kier molecular flexibility index (Phi) is 5.81. The molecule has 6 aromatic rings. The van der Waals surface area contributed by atoms with Crippen molar-refractivity contribution in [2.24, 2.45) is 15.1 Å². The van der Waals surface area contributed by atoms with Crippen LogP contribution in [0.5, 0.6) is 0 Å². The summed E-state index contributed by atoms with van der Waals surface area (Å²) in [6.07, 6.45) is 3.86. The molecule has 3 aliphatic heterocycles. The highest BCUT2D eigenvalue weighted by Crippen LogP contribution is 2.30. The average Bonchev–Trinajstić information content (AvgIpc) is 3.92. The minimum atomic E-state index is 0.369. The lowest BCUT2D eigenvalue weighted by Gasteiger charge is -2.16. The fraction of sp³-hybridized carbons (Fsp3) is 0. The molecule has 5 heterocycles. The van der Waals surface area contributed by atoms with Crippen LogP contribution < -0.4 is 20.5 Å². The van der Waals surface area contributed by atoms with Gasteiger partial charge in [-0.2, -0.15) is 24.7 Å². The second-order valence-electron chi connectivity index (χ2n) is 10.6. The third-order valence-electron chi connectivity index (χ3n) is 7.61. The van der Waals surface area contributed by atoms with E-state index in [2.05, 4.69) is 10.6 Å². The van der Waals surface area contributed by atoms with Crippen molar-refractivity contribution in [1.82, 2.24) is 34.9 Å². The molecule has 0 unspecified atom stereocenters. The number of imidazole rings is 1. The SMILES string of the molecule is C1=C2NC(=Nc3nc(cn3-c3ccccc3)C3=NN(c4ccccc4)C(=Nc4nc2nn4-c2ccccc2)N3)N1c1ccccc1. The molecule has 9 rings (SSSR count). The van der Waals surface area contributed by atoms with Crippen molar-refractivity contribution < 1.29 is 0 Å². The molecule has 0 saturated carbocycles. The van der Waals surface area contributed by atoms with Gasteiger partial charge in [-0.3, -0.25) is 9.47 Å². The number of hydrazone groups is 1. The highest BCUT2D eigenvalue weighted by molar-refractivity contribution is 6.18. The number of hydrogen-bond acceptors (Lipinski definition) is 10. The van der Waals surface area contributed by atoms with Crippen LogP contribution in [-0.4, -0.2) is 42.1 Å². The van der Waals surface area contributed by atoms with Gasteiger partial charge in [0.05, 0.1) is 11.4 Å². The Morgan fingerprint density at radius 3 is 1.85 bits per heavy atom. The van der Waals surface area contributed by atoms with Crippen LogP contribution in [0.15, 0.2) is 149 Å². The lowest BCUT2D eigenvalue weighted by Crippen LogP contribution is -2.33. The number of amidine groups is 1. The van der Waals surface area contributed by atoms with Gasteiger partial charge in [-0.15, -0.1) is 10.2 Å². The summed E-state index contributed by atoms with van der Waals surface area (Å²) in [5.41, 5.74) is 4.71. The van der Waals surface area contributed by atoms with Crippen LogP contribution in [-0.2, 0) is 0 Å². The Labute approximate surface area is 263 Å². The quantitative estimate of drug-likeness (QED) is 0.281. The van der Waals surface area contributed by atoms with Crippen molar-refractivity contribution in [3.8, 4) is 11.4 Å². The maximum atomic E-state index is 5.08. The van der Waals surface area contributed by atoms with E-state index < -0.39 is 0 Å². The third-order valence-corrected chi connectivity index (χ3v) is 7.61. The maximum Gasteiger partial charge on any atom is 0.256 e. The first-order chi connectivity index (χ1) is 22.8. The topological polar surface area (TPSA) is 116 Å². The van der Waals surface area contributed by atoms with Crippen LogP contribution in [0.1, 0.15) is 11.5 Å². The van der Waals surface area contributed by atoms with Crippen LogP contribution in [0.4, 0.5) is 23.3 Å². The van der Waals surface area contributed by atoms with Gasteiger partial charge >= 0.3 is 0 Å². The zero-order chi connectivity index (χ0) is 30.5. The zero-order valence-electron chi connectivity index (χ0n) is 24.2. The Bertz CT molecular complexity index is 2040. The van der Waals surface area contributed by atoms with E-state index in [1.807, 2.05) is 143 Å². The number of rotatable bonds is 4. The number of aromatic nitrogens is 5. The summed E-state index contributed by atoms with van der Waals surface area (Å²) in [6.45, 7) is 0. The van der Waals surface area contributed by atoms with E-state index in [1.54, 1.807) is 9.69 Å². The molecule has 0 saturated heterocycles. The molecule has 2 N–H and O–H groups in total. The molecule has 220 valence electrons.